The zero-order valence-corrected chi connectivity index (χ0v) is 13.8. The molecule has 2 nitrogen and oxygen atoms in total. The van der Waals surface area contributed by atoms with E-state index in [1.165, 1.54) is 6.07 Å². The molecule has 1 aliphatic rings. The van der Waals surface area contributed by atoms with E-state index in [0.29, 0.717) is 26.2 Å². The summed E-state index contributed by atoms with van der Waals surface area (Å²) in [6.07, 6.45) is 0. The number of hydrogen-bond donors (Lipinski definition) is 1. The molecule has 1 atom stereocenters. The number of halogens is 6. The zero-order valence-electron chi connectivity index (χ0n) is 10.5. The summed E-state index contributed by atoms with van der Waals surface area (Å²) in [6, 6.07) is 1.60. The molecular formula is C12H16BrCl2F3N2. The number of alkyl halides is 1. The van der Waals surface area contributed by atoms with E-state index in [1.807, 2.05) is 0 Å². The van der Waals surface area contributed by atoms with Crippen molar-refractivity contribution < 1.29 is 13.2 Å². The van der Waals surface area contributed by atoms with Crippen LogP contribution in [0.3, 0.4) is 0 Å². The first kappa shape index (κ1) is 20.0. The molecule has 0 saturated carbocycles. The monoisotopic (exact) mass is 394 g/mol. The van der Waals surface area contributed by atoms with Crippen molar-refractivity contribution in [3.8, 4) is 0 Å². The molecule has 116 valence electrons. The lowest BCUT2D eigenvalue weighted by Gasteiger charge is -2.34. The van der Waals surface area contributed by atoms with Crippen LogP contribution in [0, 0.1) is 11.6 Å². The fourth-order valence-corrected chi connectivity index (χ4v) is 2.55. The highest BCUT2D eigenvalue weighted by atomic mass is 79.9. The zero-order chi connectivity index (χ0) is 13.1. The van der Waals surface area contributed by atoms with Gasteiger partial charge in [-0.15, -0.1) is 24.8 Å². The van der Waals surface area contributed by atoms with Crippen molar-refractivity contribution in [2.24, 2.45) is 0 Å². The van der Waals surface area contributed by atoms with Crippen molar-refractivity contribution in [3.63, 3.8) is 0 Å². The molecule has 0 aliphatic carbocycles. The Hall–Kier alpha value is -0.0100. The van der Waals surface area contributed by atoms with Gasteiger partial charge in [0.05, 0.1) is 10.5 Å². The molecule has 0 bridgehead atoms. The van der Waals surface area contributed by atoms with Crippen LogP contribution in [0.5, 0.6) is 0 Å². The van der Waals surface area contributed by atoms with Gasteiger partial charge in [-0.05, 0) is 28.1 Å². The molecule has 1 aliphatic heterocycles. The smallest absolute Gasteiger partial charge is 0.145 e. The quantitative estimate of drug-likeness (QED) is 0.788. The SMILES string of the molecule is Cl.Cl.FC[C@@H](c1c(F)ccc(Br)c1F)N1CCNCC1. The molecule has 1 heterocycles. The van der Waals surface area contributed by atoms with Crippen LogP contribution in [-0.2, 0) is 0 Å². The largest absolute Gasteiger partial charge is 0.314 e. The van der Waals surface area contributed by atoms with E-state index >= 15 is 0 Å². The summed E-state index contributed by atoms with van der Waals surface area (Å²) in [5.74, 6) is -1.41. The van der Waals surface area contributed by atoms with Crippen LogP contribution in [0.2, 0.25) is 0 Å². The van der Waals surface area contributed by atoms with Gasteiger partial charge < -0.3 is 5.32 Å². The van der Waals surface area contributed by atoms with Gasteiger partial charge in [-0.1, -0.05) is 0 Å². The minimum Gasteiger partial charge on any atom is -0.314 e. The molecular weight excluding hydrogens is 380 g/mol. The first-order chi connectivity index (χ1) is 8.65. The predicted molar refractivity (Wildman–Crippen MR) is 81.7 cm³/mol. The van der Waals surface area contributed by atoms with Gasteiger partial charge in [0, 0.05) is 31.7 Å². The molecule has 8 heteroatoms. The highest BCUT2D eigenvalue weighted by Crippen LogP contribution is 2.30. The summed E-state index contributed by atoms with van der Waals surface area (Å²) in [5.41, 5.74) is -0.186. The van der Waals surface area contributed by atoms with Crippen LogP contribution in [0.15, 0.2) is 16.6 Å². The number of nitrogens with zero attached hydrogens (tertiary/aromatic N) is 1. The maximum atomic E-state index is 14.0. The summed E-state index contributed by atoms with van der Waals surface area (Å²) in [6.45, 7) is 1.77. The third-order valence-corrected chi connectivity index (χ3v) is 3.76. The van der Waals surface area contributed by atoms with E-state index in [4.69, 9.17) is 0 Å². The van der Waals surface area contributed by atoms with Gasteiger partial charge in [0.2, 0.25) is 0 Å². The summed E-state index contributed by atoms with van der Waals surface area (Å²) >= 11 is 3.01. The first-order valence-electron chi connectivity index (χ1n) is 5.79. The molecule has 0 radical (unpaired) electrons. The van der Waals surface area contributed by atoms with Gasteiger partial charge in [-0.2, -0.15) is 0 Å². The molecule has 2 rings (SSSR count). The maximum Gasteiger partial charge on any atom is 0.145 e. The first-order valence-corrected chi connectivity index (χ1v) is 6.58. The second-order valence-corrected chi connectivity index (χ2v) is 5.07. The van der Waals surface area contributed by atoms with Crippen LogP contribution in [0.4, 0.5) is 13.2 Å². The highest BCUT2D eigenvalue weighted by molar-refractivity contribution is 9.10. The normalized spacial score (nSPS) is 17.0. The van der Waals surface area contributed by atoms with Gasteiger partial charge in [0.15, 0.2) is 0 Å². The molecule has 1 aromatic rings. The molecule has 1 N–H and O–H groups in total. The molecule has 0 unspecified atom stereocenters. The van der Waals surface area contributed by atoms with Crippen LogP contribution in [0.1, 0.15) is 11.6 Å². The topological polar surface area (TPSA) is 15.3 Å². The van der Waals surface area contributed by atoms with E-state index in [2.05, 4.69) is 21.2 Å². The number of benzene rings is 1. The van der Waals surface area contributed by atoms with Crippen molar-refractivity contribution in [2.75, 3.05) is 32.9 Å². The Kier molecular flexibility index (Phi) is 9.09. The fraction of sp³-hybridized carbons (Fsp3) is 0.500. The summed E-state index contributed by atoms with van der Waals surface area (Å²) in [7, 11) is 0. The third kappa shape index (κ3) is 4.24. The second kappa shape index (κ2) is 9.10. The lowest BCUT2D eigenvalue weighted by molar-refractivity contribution is 0.141. The Balaban J connectivity index is 0.00000180. The Morgan fingerprint density at radius 3 is 2.35 bits per heavy atom. The number of rotatable bonds is 3. The Morgan fingerprint density at radius 1 is 1.20 bits per heavy atom. The molecule has 1 aromatic carbocycles. The third-order valence-electron chi connectivity index (χ3n) is 3.15. The van der Waals surface area contributed by atoms with Gasteiger partial charge in [-0.25, -0.2) is 13.2 Å². The minimum atomic E-state index is -0.857. The minimum absolute atomic E-state index is 0. The molecule has 0 amide bonds. The van der Waals surface area contributed by atoms with Gasteiger partial charge in [-0.3, -0.25) is 4.90 Å². The van der Waals surface area contributed by atoms with Crippen LogP contribution in [0.25, 0.3) is 0 Å². The van der Waals surface area contributed by atoms with Gasteiger partial charge in [0.25, 0.3) is 0 Å². The van der Waals surface area contributed by atoms with E-state index in [0.717, 1.165) is 6.07 Å². The molecule has 0 aromatic heterocycles. The van der Waals surface area contributed by atoms with Crippen molar-refractivity contribution >= 4 is 40.7 Å². The van der Waals surface area contributed by atoms with E-state index in [1.54, 1.807) is 4.90 Å². The van der Waals surface area contributed by atoms with Gasteiger partial charge >= 0.3 is 0 Å². The molecule has 0 spiro atoms. The number of piperazine rings is 1. The highest BCUT2D eigenvalue weighted by Gasteiger charge is 2.28. The summed E-state index contributed by atoms with van der Waals surface area (Å²) in [5, 5.41) is 3.12. The fourth-order valence-electron chi connectivity index (χ4n) is 2.20. The molecule has 20 heavy (non-hydrogen) atoms. The Bertz CT molecular complexity index is 431. The predicted octanol–water partition coefficient (Wildman–Crippen LogP) is 3.49. The Labute approximate surface area is 137 Å². The molecule has 1 fully saturated rings. The summed E-state index contributed by atoms with van der Waals surface area (Å²) < 4.78 is 41.1. The van der Waals surface area contributed by atoms with E-state index in [9.17, 15) is 13.2 Å². The maximum absolute atomic E-state index is 14.0. The lowest BCUT2D eigenvalue weighted by Crippen LogP contribution is -2.46. The van der Waals surface area contributed by atoms with Crippen molar-refractivity contribution in [1.82, 2.24) is 10.2 Å². The van der Waals surface area contributed by atoms with Crippen LogP contribution in [-0.4, -0.2) is 37.8 Å². The van der Waals surface area contributed by atoms with Crippen molar-refractivity contribution in [1.29, 1.82) is 0 Å². The summed E-state index contributed by atoms with van der Waals surface area (Å²) in [4.78, 5) is 1.77. The van der Waals surface area contributed by atoms with E-state index < -0.39 is 24.4 Å². The number of hydrogen-bond acceptors (Lipinski definition) is 2. The average Bonchev–Trinajstić information content (AvgIpc) is 2.40. The van der Waals surface area contributed by atoms with Crippen LogP contribution >= 0.6 is 40.7 Å². The van der Waals surface area contributed by atoms with Crippen LogP contribution < -0.4 is 5.32 Å². The van der Waals surface area contributed by atoms with E-state index in [-0.39, 0.29) is 34.9 Å². The lowest BCUT2D eigenvalue weighted by atomic mass is 10.0. The Morgan fingerprint density at radius 2 is 1.80 bits per heavy atom. The van der Waals surface area contributed by atoms with Gasteiger partial charge in [0.1, 0.15) is 18.3 Å². The number of nitrogens with one attached hydrogen (secondary N) is 1. The standard InChI is InChI=1S/C12H14BrF3N2.2ClH/c13-8-1-2-9(15)11(12(8)16)10(7-14)18-5-3-17-4-6-18;;/h1-2,10,17H,3-7H2;2*1H/t10-;;/m0../s1. The molecule has 1 saturated heterocycles. The van der Waals surface area contributed by atoms with Crippen molar-refractivity contribution in [2.45, 2.75) is 6.04 Å². The van der Waals surface area contributed by atoms with Crippen molar-refractivity contribution in [3.05, 3.63) is 33.8 Å². The second-order valence-electron chi connectivity index (χ2n) is 4.21. The average molecular weight is 396 g/mol.